The summed E-state index contributed by atoms with van der Waals surface area (Å²) in [6.45, 7) is 0. The van der Waals surface area contributed by atoms with E-state index in [1.165, 1.54) is 48.5 Å². The molecular weight excluding hydrogens is 873 g/mol. The lowest BCUT2D eigenvalue weighted by Crippen LogP contribution is -2.10. The number of hydrogen-bond donors (Lipinski definition) is 0. The molecule has 0 amide bonds. The van der Waals surface area contributed by atoms with Gasteiger partial charge in [0.15, 0.2) is 46.5 Å². The summed E-state index contributed by atoms with van der Waals surface area (Å²) in [6.07, 6.45) is 6.35. The summed E-state index contributed by atoms with van der Waals surface area (Å²) in [5.74, 6) is -20.3. The molecule has 0 bridgehead atoms. The fourth-order valence-electron chi connectivity index (χ4n) is 7.81. The van der Waals surface area contributed by atoms with Gasteiger partial charge >= 0.3 is 0 Å². The first-order chi connectivity index (χ1) is 31.8. The van der Waals surface area contributed by atoms with Gasteiger partial charge in [0.1, 0.15) is 0 Å². The largest absolute Gasteiger partial charge is 0.344 e. The summed E-state index contributed by atoms with van der Waals surface area (Å²) in [5, 5.41) is 0. The van der Waals surface area contributed by atoms with Crippen LogP contribution in [0.2, 0.25) is 0 Å². The van der Waals surface area contributed by atoms with Crippen LogP contribution >= 0.6 is 0 Å². The van der Waals surface area contributed by atoms with E-state index in [0.29, 0.717) is 34.1 Å². The van der Waals surface area contributed by atoms with E-state index in [2.05, 4.69) is 9.97 Å². The van der Waals surface area contributed by atoms with Gasteiger partial charge < -0.3 is 14.4 Å². The number of benzene rings is 6. The van der Waals surface area contributed by atoms with Gasteiger partial charge in [0.2, 0.25) is 11.6 Å². The van der Waals surface area contributed by atoms with Crippen LogP contribution in [0, 0.1) is 58.2 Å². The zero-order valence-corrected chi connectivity index (χ0v) is 34.0. The maximum absolute atomic E-state index is 14.7. The Hall–Kier alpha value is -8.20. The van der Waals surface area contributed by atoms with Crippen LogP contribution in [0.5, 0.6) is 0 Å². The molecular formula is C51H29F10N5. The van der Waals surface area contributed by atoms with Crippen molar-refractivity contribution in [3.05, 3.63) is 216 Å². The van der Waals surface area contributed by atoms with Crippen molar-refractivity contribution in [2.24, 2.45) is 7.05 Å². The van der Waals surface area contributed by atoms with Crippen LogP contribution in [-0.2, 0) is 7.05 Å². The molecule has 0 saturated carbocycles. The van der Waals surface area contributed by atoms with Gasteiger partial charge in [0, 0.05) is 77.3 Å². The molecule has 3 heterocycles. The molecule has 3 aromatic heterocycles. The Morgan fingerprint density at radius 3 is 0.788 bits per heavy atom. The highest BCUT2D eigenvalue weighted by molar-refractivity contribution is 5.82. The quantitative estimate of drug-likeness (QED) is 0.0778. The zero-order chi connectivity index (χ0) is 46.4. The highest BCUT2D eigenvalue weighted by atomic mass is 19.2. The summed E-state index contributed by atoms with van der Waals surface area (Å²) >= 11 is 0. The second-order valence-electron chi connectivity index (χ2n) is 14.8. The van der Waals surface area contributed by atoms with Crippen molar-refractivity contribution in [2.45, 2.75) is 0 Å². The minimum absolute atomic E-state index is 0.206. The third-order valence-corrected chi connectivity index (χ3v) is 11.1. The maximum Gasteiger partial charge on any atom is 0.200 e. The normalized spacial score (nSPS) is 11.3. The van der Waals surface area contributed by atoms with Crippen molar-refractivity contribution in [1.29, 1.82) is 0 Å². The van der Waals surface area contributed by atoms with Crippen molar-refractivity contribution in [1.82, 2.24) is 14.5 Å². The molecule has 66 heavy (non-hydrogen) atoms. The standard InChI is InChI=1S/C51H29F10N5/c1-64-38(28-2-10-32(11-3-28)65(36-20-24-62-25-21-36)34-14-6-30(7-15-34)40-42(52)46(56)50(60)47(57)43(40)53)18-19-39(64)29-4-12-33(13-5-29)66(37-22-26-63-27-23-37)35-16-8-31(9-17-35)41-44(54)48(58)51(61)49(59)45(41)55/h2-27H,1H3. The molecule has 0 atom stereocenters. The molecule has 328 valence electrons. The molecule has 0 aliphatic heterocycles. The van der Waals surface area contributed by atoms with E-state index in [0.717, 1.165) is 22.5 Å². The first-order valence-electron chi connectivity index (χ1n) is 19.8. The summed E-state index contributed by atoms with van der Waals surface area (Å²) in [7, 11) is 1.91. The van der Waals surface area contributed by atoms with Crippen LogP contribution in [-0.4, -0.2) is 14.5 Å². The second kappa shape index (κ2) is 17.4. The van der Waals surface area contributed by atoms with Crippen molar-refractivity contribution < 1.29 is 43.9 Å². The van der Waals surface area contributed by atoms with Crippen LogP contribution in [0.4, 0.5) is 78.0 Å². The van der Waals surface area contributed by atoms with Crippen LogP contribution in [0.15, 0.2) is 158 Å². The van der Waals surface area contributed by atoms with E-state index in [9.17, 15) is 43.9 Å². The molecule has 5 nitrogen and oxygen atoms in total. The molecule has 0 unspecified atom stereocenters. The minimum atomic E-state index is -2.24. The smallest absolute Gasteiger partial charge is 0.200 e. The van der Waals surface area contributed by atoms with Gasteiger partial charge in [-0.05, 0) is 107 Å². The topological polar surface area (TPSA) is 37.2 Å². The van der Waals surface area contributed by atoms with Gasteiger partial charge in [-0.15, -0.1) is 0 Å². The Morgan fingerprint density at radius 2 is 0.515 bits per heavy atom. The molecule has 0 aliphatic rings. The van der Waals surface area contributed by atoms with E-state index >= 15 is 0 Å². The molecule has 9 aromatic rings. The van der Waals surface area contributed by atoms with Crippen molar-refractivity contribution in [3.63, 3.8) is 0 Å². The molecule has 6 aromatic carbocycles. The highest BCUT2D eigenvalue weighted by Crippen LogP contribution is 2.41. The van der Waals surface area contributed by atoms with E-state index in [-0.39, 0.29) is 11.1 Å². The number of rotatable bonds is 10. The Kier molecular flexibility index (Phi) is 11.4. The highest BCUT2D eigenvalue weighted by Gasteiger charge is 2.28. The number of halogens is 10. The zero-order valence-electron chi connectivity index (χ0n) is 34.0. The Balaban J connectivity index is 0.990. The van der Waals surface area contributed by atoms with Crippen molar-refractivity contribution >= 4 is 34.1 Å². The lowest BCUT2D eigenvalue weighted by molar-refractivity contribution is 0.381. The summed E-state index contributed by atoms with van der Waals surface area (Å²) in [4.78, 5) is 11.9. The molecule has 9 rings (SSSR count). The van der Waals surface area contributed by atoms with Crippen LogP contribution in [0.1, 0.15) is 0 Å². The lowest BCUT2D eigenvalue weighted by atomic mass is 10.0. The van der Waals surface area contributed by atoms with E-state index < -0.39 is 69.3 Å². The summed E-state index contributed by atoms with van der Waals surface area (Å²) < 4.78 is 144. The maximum atomic E-state index is 14.7. The monoisotopic (exact) mass is 901 g/mol. The van der Waals surface area contributed by atoms with Crippen molar-refractivity contribution in [2.75, 3.05) is 9.80 Å². The third-order valence-electron chi connectivity index (χ3n) is 11.1. The Morgan fingerprint density at radius 1 is 0.288 bits per heavy atom. The summed E-state index contributed by atoms with van der Waals surface area (Å²) in [5.41, 5.74) is 4.75. The molecule has 0 aliphatic carbocycles. The van der Waals surface area contributed by atoms with E-state index in [1.807, 2.05) is 82.1 Å². The van der Waals surface area contributed by atoms with Crippen molar-refractivity contribution in [3.8, 4) is 44.8 Å². The van der Waals surface area contributed by atoms with Crippen LogP contribution in [0.3, 0.4) is 0 Å². The molecule has 0 fully saturated rings. The van der Waals surface area contributed by atoms with Gasteiger partial charge in [0.05, 0.1) is 11.1 Å². The average molecular weight is 902 g/mol. The molecule has 0 N–H and O–H groups in total. The van der Waals surface area contributed by atoms with Gasteiger partial charge in [-0.25, -0.2) is 43.9 Å². The van der Waals surface area contributed by atoms with Gasteiger partial charge in [-0.2, -0.15) is 0 Å². The fraction of sp³-hybridized carbons (Fsp3) is 0.0196. The fourth-order valence-corrected chi connectivity index (χ4v) is 7.81. The number of anilines is 6. The van der Waals surface area contributed by atoms with Gasteiger partial charge in [-0.3, -0.25) is 9.97 Å². The Bertz CT molecular complexity index is 2960. The van der Waals surface area contributed by atoms with E-state index in [4.69, 9.17) is 0 Å². The average Bonchev–Trinajstić information content (AvgIpc) is 3.74. The summed E-state index contributed by atoms with van der Waals surface area (Å²) in [6, 6.07) is 37.2. The molecule has 0 radical (unpaired) electrons. The SMILES string of the molecule is Cn1c(-c2ccc(N(c3ccncc3)c3ccc(-c4c(F)c(F)c(F)c(F)c4F)cc3)cc2)ccc1-c1ccc(N(c2ccncc2)c2ccc(-c3c(F)c(F)c(F)c(F)c3F)cc2)cc1. The number of nitrogens with zero attached hydrogens (tertiary/aromatic N) is 5. The first kappa shape index (κ1) is 43.1. The molecule has 0 saturated heterocycles. The predicted molar refractivity (Wildman–Crippen MR) is 232 cm³/mol. The molecule has 15 heteroatoms. The minimum Gasteiger partial charge on any atom is -0.344 e. The van der Waals surface area contributed by atoms with Gasteiger partial charge in [-0.1, -0.05) is 48.5 Å². The van der Waals surface area contributed by atoms with Gasteiger partial charge in [0.25, 0.3) is 0 Å². The number of aromatic nitrogens is 3. The second-order valence-corrected chi connectivity index (χ2v) is 14.8. The van der Waals surface area contributed by atoms with E-state index in [1.54, 1.807) is 49.1 Å². The molecule has 0 spiro atoms. The number of pyridine rings is 2. The predicted octanol–water partition coefficient (Wildman–Crippen LogP) is 14.8. The van der Waals surface area contributed by atoms with Crippen LogP contribution < -0.4 is 9.80 Å². The lowest BCUT2D eigenvalue weighted by Gasteiger charge is -2.26. The Labute approximate surface area is 369 Å². The van der Waals surface area contributed by atoms with Crippen LogP contribution in [0.25, 0.3) is 44.8 Å². The third kappa shape index (κ3) is 7.57. The number of hydrogen-bond acceptors (Lipinski definition) is 4. The first-order valence-corrected chi connectivity index (χ1v) is 19.8.